The number of aryl methyl sites for hydroxylation is 1. The minimum atomic E-state index is 0.115. The molecule has 0 aliphatic rings. The van der Waals surface area contributed by atoms with Crippen molar-refractivity contribution in [1.82, 2.24) is 0 Å². The molecule has 0 fully saturated rings. The van der Waals surface area contributed by atoms with Crippen molar-refractivity contribution in [2.24, 2.45) is 5.73 Å². The molecule has 110 valence electrons. The van der Waals surface area contributed by atoms with Gasteiger partial charge in [-0.25, -0.2) is 0 Å². The van der Waals surface area contributed by atoms with Crippen LogP contribution in [0.1, 0.15) is 30.5 Å². The lowest BCUT2D eigenvalue weighted by molar-refractivity contribution is 0.681. The first-order chi connectivity index (χ1) is 9.99. The molecule has 0 saturated heterocycles. The largest absolute Gasteiger partial charge is 0.384 e. The number of rotatable bonds is 5. The summed E-state index contributed by atoms with van der Waals surface area (Å²) < 4.78 is 0. The zero-order valence-electron chi connectivity index (χ0n) is 12.9. The number of nitrogens with two attached hydrogens (primary N) is 1. The van der Waals surface area contributed by atoms with Crippen LogP contribution in [0.4, 0.5) is 5.69 Å². The molecule has 0 heterocycles. The highest BCUT2D eigenvalue weighted by atomic mass is 15.2. The first-order valence-corrected chi connectivity index (χ1v) is 7.24. The summed E-state index contributed by atoms with van der Waals surface area (Å²) in [5.74, 6) is 0.115. The molecule has 3 N–H and O–H groups in total. The Kier molecular flexibility index (Phi) is 4.63. The summed E-state index contributed by atoms with van der Waals surface area (Å²) >= 11 is 0. The van der Waals surface area contributed by atoms with E-state index < -0.39 is 0 Å². The van der Waals surface area contributed by atoms with E-state index in [4.69, 9.17) is 11.1 Å². The van der Waals surface area contributed by atoms with Gasteiger partial charge in [0.05, 0.1) is 0 Å². The van der Waals surface area contributed by atoms with Gasteiger partial charge in [0.15, 0.2) is 0 Å². The molecule has 0 radical (unpaired) electrons. The molecule has 21 heavy (non-hydrogen) atoms. The van der Waals surface area contributed by atoms with Crippen molar-refractivity contribution in [1.29, 1.82) is 5.41 Å². The SMILES string of the molecule is Cc1ccc(C(=N)N)c(N(Cc2ccccc2)C(C)C)c1. The molecule has 2 rings (SSSR count). The van der Waals surface area contributed by atoms with Crippen molar-refractivity contribution in [3.05, 3.63) is 65.2 Å². The minimum absolute atomic E-state index is 0.115. The van der Waals surface area contributed by atoms with Gasteiger partial charge < -0.3 is 10.6 Å². The monoisotopic (exact) mass is 281 g/mol. The molecule has 0 aromatic heterocycles. The van der Waals surface area contributed by atoms with Crippen molar-refractivity contribution in [3.8, 4) is 0 Å². The van der Waals surface area contributed by atoms with Gasteiger partial charge in [-0.15, -0.1) is 0 Å². The standard InChI is InChI=1S/C18H23N3/c1-13(2)21(12-15-7-5-4-6-8-15)17-11-14(3)9-10-16(17)18(19)20/h4-11,13H,12H2,1-3H3,(H3,19,20). The summed E-state index contributed by atoms with van der Waals surface area (Å²) in [6, 6.07) is 16.7. The Morgan fingerprint density at radius 1 is 1.14 bits per heavy atom. The van der Waals surface area contributed by atoms with Gasteiger partial charge in [-0.3, -0.25) is 5.41 Å². The van der Waals surface area contributed by atoms with E-state index in [9.17, 15) is 0 Å². The summed E-state index contributed by atoms with van der Waals surface area (Å²) in [6.07, 6.45) is 0. The summed E-state index contributed by atoms with van der Waals surface area (Å²) in [5, 5.41) is 7.81. The highest BCUT2D eigenvalue weighted by Gasteiger charge is 2.16. The fraction of sp³-hybridized carbons (Fsp3) is 0.278. The highest BCUT2D eigenvalue weighted by molar-refractivity contribution is 6.00. The topological polar surface area (TPSA) is 53.1 Å². The summed E-state index contributed by atoms with van der Waals surface area (Å²) in [7, 11) is 0. The van der Waals surface area contributed by atoms with Crippen molar-refractivity contribution in [2.45, 2.75) is 33.4 Å². The molecule has 0 unspecified atom stereocenters. The summed E-state index contributed by atoms with van der Waals surface area (Å²) in [4.78, 5) is 2.29. The number of hydrogen-bond acceptors (Lipinski definition) is 2. The Bertz CT molecular complexity index is 618. The molecule has 2 aromatic carbocycles. The average Bonchev–Trinajstić information content (AvgIpc) is 2.45. The Morgan fingerprint density at radius 2 is 1.81 bits per heavy atom. The Morgan fingerprint density at radius 3 is 2.38 bits per heavy atom. The molecule has 0 bridgehead atoms. The van der Waals surface area contributed by atoms with E-state index in [0.29, 0.717) is 6.04 Å². The number of amidine groups is 1. The van der Waals surface area contributed by atoms with Crippen LogP contribution in [0.3, 0.4) is 0 Å². The Labute approximate surface area is 126 Å². The van der Waals surface area contributed by atoms with E-state index in [1.165, 1.54) is 11.1 Å². The predicted octanol–water partition coefficient (Wildman–Crippen LogP) is 3.69. The normalized spacial score (nSPS) is 10.7. The molecular formula is C18H23N3. The van der Waals surface area contributed by atoms with Crippen LogP contribution in [0.25, 0.3) is 0 Å². The molecule has 2 aromatic rings. The van der Waals surface area contributed by atoms with Gasteiger partial charge in [0, 0.05) is 23.8 Å². The van der Waals surface area contributed by atoms with E-state index >= 15 is 0 Å². The molecule has 0 saturated carbocycles. The van der Waals surface area contributed by atoms with Gasteiger partial charge in [0.1, 0.15) is 5.84 Å². The van der Waals surface area contributed by atoms with Gasteiger partial charge in [-0.05, 0) is 44.0 Å². The van der Waals surface area contributed by atoms with E-state index in [1.54, 1.807) is 0 Å². The lowest BCUT2D eigenvalue weighted by atomic mass is 10.1. The van der Waals surface area contributed by atoms with Crippen LogP contribution in [0.15, 0.2) is 48.5 Å². The Balaban J connectivity index is 2.43. The number of hydrogen-bond donors (Lipinski definition) is 2. The van der Waals surface area contributed by atoms with Gasteiger partial charge in [0.2, 0.25) is 0 Å². The van der Waals surface area contributed by atoms with E-state index in [0.717, 1.165) is 17.8 Å². The summed E-state index contributed by atoms with van der Waals surface area (Å²) in [6.45, 7) is 7.20. The molecule has 0 amide bonds. The van der Waals surface area contributed by atoms with Gasteiger partial charge in [-0.2, -0.15) is 0 Å². The van der Waals surface area contributed by atoms with Gasteiger partial charge in [-0.1, -0.05) is 36.4 Å². The zero-order valence-corrected chi connectivity index (χ0v) is 12.9. The second kappa shape index (κ2) is 6.44. The second-order valence-corrected chi connectivity index (χ2v) is 5.64. The number of nitrogens with one attached hydrogen (secondary N) is 1. The first kappa shape index (κ1) is 15.1. The average molecular weight is 281 g/mol. The van der Waals surface area contributed by atoms with Crippen LogP contribution in [-0.2, 0) is 6.54 Å². The van der Waals surface area contributed by atoms with Crippen LogP contribution in [0.2, 0.25) is 0 Å². The van der Waals surface area contributed by atoms with Crippen molar-refractivity contribution in [2.75, 3.05) is 4.90 Å². The fourth-order valence-electron chi connectivity index (χ4n) is 2.43. The van der Waals surface area contributed by atoms with Crippen LogP contribution < -0.4 is 10.6 Å². The number of nitrogens with zero attached hydrogens (tertiary/aromatic N) is 1. The molecule has 3 nitrogen and oxygen atoms in total. The Hall–Kier alpha value is -2.29. The second-order valence-electron chi connectivity index (χ2n) is 5.64. The maximum absolute atomic E-state index is 7.81. The minimum Gasteiger partial charge on any atom is -0.384 e. The van der Waals surface area contributed by atoms with Crippen LogP contribution >= 0.6 is 0 Å². The number of benzene rings is 2. The quantitative estimate of drug-likeness (QED) is 0.648. The maximum Gasteiger partial charge on any atom is 0.124 e. The highest BCUT2D eigenvalue weighted by Crippen LogP contribution is 2.26. The molecular weight excluding hydrogens is 258 g/mol. The van der Waals surface area contributed by atoms with Gasteiger partial charge in [0.25, 0.3) is 0 Å². The van der Waals surface area contributed by atoms with E-state index in [2.05, 4.69) is 56.0 Å². The predicted molar refractivity (Wildman–Crippen MR) is 90.0 cm³/mol. The maximum atomic E-state index is 7.81. The van der Waals surface area contributed by atoms with Gasteiger partial charge >= 0.3 is 0 Å². The van der Waals surface area contributed by atoms with Crippen molar-refractivity contribution in [3.63, 3.8) is 0 Å². The molecule has 0 spiro atoms. The molecule has 0 aliphatic carbocycles. The zero-order chi connectivity index (χ0) is 15.4. The molecule has 0 atom stereocenters. The fourth-order valence-corrected chi connectivity index (χ4v) is 2.43. The summed E-state index contributed by atoms with van der Waals surface area (Å²) in [5.41, 5.74) is 10.0. The van der Waals surface area contributed by atoms with Crippen LogP contribution in [0.5, 0.6) is 0 Å². The third kappa shape index (κ3) is 3.63. The smallest absolute Gasteiger partial charge is 0.124 e. The van der Waals surface area contributed by atoms with E-state index in [1.807, 2.05) is 18.2 Å². The molecule has 0 aliphatic heterocycles. The third-order valence-corrected chi connectivity index (χ3v) is 3.57. The lowest BCUT2D eigenvalue weighted by Crippen LogP contribution is -2.32. The van der Waals surface area contributed by atoms with Crippen LogP contribution in [0, 0.1) is 12.3 Å². The molecule has 3 heteroatoms. The number of nitrogen functional groups attached to an aromatic ring is 1. The number of anilines is 1. The van der Waals surface area contributed by atoms with E-state index in [-0.39, 0.29) is 5.84 Å². The van der Waals surface area contributed by atoms with Crippen molar-refractivity contribution < 1.29 is 0 Å². The van der Waals surface area contributed by atoms with Crippen LogP contribution in [-0.4, -0.2) is 11.9 Å². The van der Waals surface area contributed by atoms with Crippen molar-refractivity contribution >= 4 is 11.5 Å². The third-order valence-electron chi connectivity index (χ3n) is 3.57. The lowest BCUT2D eigenvalue weighted by Gasteiger charge is -2.31. The first-order valence-electron chi connectivity index (χ1n) is 7.24.